The van der Waals surface area contributed by atoms with Crippen LogP contribution in [0.2, 0.25) is 0 Å². The van der Waals surface area contributed by atoms with Crippen molar-refractivity contribution in [1.29, 1.82) is 0 Å². The van der Waals surface area contributed by atoms with Gasteiger partial charge in [0.2, 0.25) is 0 Å². The Labute approximate surface area is 123 Å². The van der Waals surface area contributed by atoms with Crippen LogP contribution in [0.1, 0.15) is 31.6 Å². The highest BCUT2D eigenvalue weighted by molar-refractivity contribution is 5.12. The van der Waals surface area contributed by atoms with Crippen LogP contribution in [0.25, 0.3) is 0 Å². The van der Waals surface area contributed by atoms with E-state index >= 15 is 0 Å². The third-order valence-corrected chi connectivity index (χ3v) is 3.91. The van der Waals surface area contributed by atoms with E-state index in [9.17, 15) is 0 Å². The molecule has 114 valence electrons. The minimum Gasteiger partial charge on any atom is -0.468 e. The van der Waals surface area contributed by atoms with Crippen molar-refractivity contribution in [3.8, 4) is 0 Å². The summed E-state index contributed by atoms with van der Waals surface area (Å²) >= 11 is 0. The van der Waals surface area contributed by atoms with E-state index in [0.29, 0.717) is 6.04 Å². The molecule has 1 aromatic rings. The maximum atomic E-state index is 5.66. The topological polar surface area (TPSA) is 31.7 Å². The number of hydrogen-bond donors (Lipinski definition) is 1. The molecular formula is C16H29N3O. The van der Waals surface area contributed by atoms with E-state index in [1.54, 1.807) is 0 Å². The summed E-state index contributed by atoms with van der Waals surface area (Å²) in [6.45, 7) is 9.74. The van der Waals surface area contributed by atoms with Gasteiger partial charge in [-0.05, 0) is 39.0 Å². The molecule has 0 bridgehead atoms. The summed E-state index contributed by atoms with van der Waals surface area (Å²) in [7, 11) is 4.40. The van der Waals surface area contributed by atoms with Gasteiger partial charge in [-0.3, -0.25) is 4.90 Å². The van der Waals surface area contributed by atoms with E-state index in [1.807, 2.05) is 6.26 Å². The predicted molar refractivity (Wildman–Crippen MR) is 82.6 cm³/mol. The van der Waals surface area contributed by atoms with Crippen LogP contribution < -0.4 is 5.32 Å². The maximum Gasteiger partial charge on any atom is 0.118 e. The Bertz CT molecular complexity index is 402. The van der Waals surface area contributed by atoms with Gasteiger partial charge in [-0.2, -0.15) is 0 Å². The molecule has 0 radical (unpaired) electrons. The van der Waals surface area contributed by atoms with Crippen LogP contribution in [0.15, 0.2) is 16.7 Å². The lowest BCUT2D eigenvalue weighted by Gasteiger charge is -2.19. The van der Waals surface area contributed by atoms with E-state index in [2.05, 4.69) is 49.1 Å². The van der Waals surface area contributed by atoms with Gasteiger partial charge >= 0.3 is 0 Å². The molecule has 1 aliphatic rings. The molecule has 1 aromatic heterocycles. The zero-order valence-electron chi connectivity index (χ0n) is 13.4. The minimum absolute atomic E-state index is 0.510. The van der Waals surface area contributed by atoms with Gasteiger partial charge in [-0.1, -0.05) is 13.8 Å². The molecule has 2 rings (SSSR count). The molecule has 4 nitrogen and oxygen atoms in total. The molecule has 0 saturated carbocycles. The number of rotatable bonds is 7. The first-order valence-electron chi connectivity index (χ1n) is 7.69. The number of furan rings is 1. The van der Waals surface area contributed by atoms with Crippen LogP contribution in [0, 0.1) is 5.92 Å². The average Bonchev–Trinajstić information content (AvgIpc) is 2.96. The number of hydrogen-bond acceptors (Lipinski definition) is 4. The molecule has 0 spiro atoms. The number of nitrogens with zero attached hydrogens (tertiary/aromatic N) is 2. The van der Waals surface area contributed by atoms with Gasteiger partial charge in [0.1, 0.15) is 5.76 Å². The fraction of sp³-hybridized carbons (Fsp3) is 0.750. The molecule has 1 atom stereocenters. The summed E-state index contributed by atoms with van der Waals surface area (Å²) in [5.41, 5.74) is 1.24. The Morgan fingerprint density at radius 1 is 1.50 bits per heavy atom. The molecule has 0 aromatic carbocycles. The van der Waals surface area contributed by atoms with Gasteiger partial charge in [0, 0.05) is 31.2 Å². The normalized spacial score (nSPS) is 20.4. The monoisotopic (exact) mass is 279 g/mol. The standard InChI is InChI=1S/C16H29N3O/c1-13(2)17-8-15-7-16(20-12-15)11-19(4)10-14-5-6-18(3)9-14/h7,12-14,17H,5-6,8-11H2,1-4H3. The molecule has 0 amide bonds. The highest BCUT2D eigenvalue weighted by atomic mass is 16.3. The van der Waals surface area contributed by atoms with Crippen LogP contribution in [-0.4, -0.2) is 49.6 Å². The highest BCUT2D eigenvalue weighted by Crippen LogP contribution is 2.17. The first-order valence-corrected chi connectivity index (χ1v) is 7.69. The van der Waals surface area contributed by atoms with E-state index in [1.165, 1.54) is 25.1 Å². The van der Waals surface area contributed by atoms with Crippen molar-refractivity contribution in [1.82, 2.24) is 15.1 Å². The number of likely N-dealkylation sites (tertiary alicyclic amines) is 1. The van der Waals surface area contributed by atoms with Gasteiger partial charge < -0.3 is 14.6 Å². The summed E-state index contributed by atoms with van der Waals surface area (Å²) < 4.78 is 5.66. The maximum absolute atomic E-state index is 5.66. The molecular weight excluding hydrogens is 250 g/mol. The Hall–Kier alpha value is -0.840. The summed E-state index contributed by atoms with van der Waals surface area (Å²) in [5.74, 6) is 1.88. The summed E-state index contributed by atoms with van der Waals surface area (Å²) in [6, 6.07) is 2.68. The summed E-state index contributed by atoms with van der Waals surface area (Å²) in [4.78, 5) is 4.80. The second-order valence-corrected chi connectivity index (χ2v) is 6.57. The SMILES string of the molecule is CC(C)NCc1coc(CN(C)CC2CCN(C)C2)c1. The van der Waals surface area contributed by atoms with Crippen molar-refractivity contribution in [2.24, 2.45) is 5.92 Å². The third kappa shape index (κ3) is 4.93. The highest BCUT2D eigenvalue weighted by Gasteiger charge is 2.21. The van der Waals surface area contributed by atoms with Crippen LogP contribution in [-0.2, 0) is 13.1 Å². The van der Waals surface area contributed by atoms with Gasteiger partial charge in [-0.25, -0.2) is 0 Å². The van der Waals surface area contributed by atoms with Crippen molar-refractivity contribution >= 4 is 0 Å². The van der Waals surface area contributed by atoms with E-state index < -0.39 is 0 Å². The Morgan fingerprint density at radius 2 is 2.30 bits per heavy atom. The lowest BCUT2D eigenvalue weighted by molar-refractivity contribution is 0.249. The van der Waals surface area contributed by atoms with Gasteiger partial charge in [0.15, 0.2) is 0 Å². The predicted octanol–water partition coefficient (Wildman–Crippen LogP) is 2.16. The molecule has 1 fully saturated rings. The average molecular weight is 279 g/mol. The van der Waals surface area contributed by atoms with Crippen molar-refractivity contribution in [3.63, 3.8) is 0 Å². The van der Waals surface area contributed by atoms with E-state index in [-0.39, 0.29) is 0 Å². The van der Waals surface area contributed by atoms with Crippen LogP contribution in [0.3, 0.4) is 0 Å². The van der Waals surface area contributed by atoms with Crippen LogP contribution >= 0.6 is 0 Å². The lowest BCUT2D eigenvalue weighted by Crippen LogP contribution is -2.27. The van der Waals surface area contributed by atoms with E-state index in [0.717, 1.165) is 31.3 Å². The van der Waals surface area contributed by atoms with Gasteiger partial charge in [0.05, 0.1) is 12.8 Å². The molecule has 1 aliphatic heterocycles. The Kier molecular flexibility index (Phi) is 5.64. The lowest BCUT2D eigenvalue weighted by atomic mass is 10.1. The van der Waals surface area contributed by atoms with Crippen molar-refractivity contribution in [2.45, 2.75) is 39.4 Å². The third-order valence-electron chi connectivity index (χ3n) is 3.91. The quantitative estimate of drug-likeness (QED) is 0.829. The summed E-state index contributed by atoms with van der Waals surface area (Å²) in [5, 5.41) is 3.41. The zero-order chi connectivity index (χ0) is 14.5. The first kappa shape index (κ1) is 15.5. The minimum atomic E-state index is 0.510. The Morgan fingerprint density at radius 3 is 2.95 bits per heavy atom. The Balaban J connectivity index is 1.75. The first-order chi connectivity index (χ1) is 9.52. The smallest absolute Gasteiger partial charge is 0.118 e. The molecule has 20 heavy (non-hydrogen) atoms. The van der Waals surface area contributed by atoms with Crippen LogP contribution in [0.4, 0.5) is 0 Å². The van der Waals surface area contributed by atoms with Crippen LogP contribution in [0.5, 0.6) is 0 Å². The zero-order valence-corrected chi connectivity index (χ0v) is 13.4. The molecule has 0 aliphatic carbocycles. The summed E-state index contributed by atoms with van der Waals surface area (Å²) in [6.07, 6.45) is 3.20. The molecule has 1 N–H and O–H groups in total. The molecule has 1 unspecified atom stereocenters. The van der Waals surface area contributed by atoms with Crippen molar-refractivity contribution < 1.29 is 4.42 Å². The fourth-order valence-electron chi connectivity index (χ4n) is 2.87. The van der Waals surface area contributed by atoms with E-state index in [4.69, 9.17) is 4.42 Å². The molecule has 1 saturated heterocycles. The van der Waals surface area contributed by atoms with Crippen molar-refractivity contribution in [2.75, 3.05) is 33.7 Å². The molecule has 4 heteroatoms. The van der Waals surface area contributed by atoms with Gasteiger partial charge in [-0.15, -0.1) is 0 Å². The largest absolute Gasteiger partial charge is 0.468 e. The fourth-order valence-corrected chi connectivity index (χ4v) is 2.87. The van der Waals surface area contributed by atoms with Crippen molar-refractivity contribution in [3.05, 3.63) is 23.7 Å². The molecule has 2 heterocycles. The number of nitrogens with one attached hydrogen (secondary N) is 1. The van der Waals surface area contributed by atoms with Gasteiger partial charge in [0.25, 0.3) is 0 Å². The second kappa shape index (κ2) is 7.25. The second-order valence-electron chi connectivity index (χ2n) is 6.57.